The molecule has 0 spiro atoms. The smallest absolute Gasteiger partial charge is 0.209 e. The van der Waals surface area contributed by atoms with Gasteiger partial charge in [-0.15, -0.1) is 10.2 Å². The van der Waals surface area contributed by atoms with E-state index in [2.05, 4.69) is 26.6 Å². The molecule has 0 saturated heterocycles. The lowest BCUT2D eigenvalue weighted by Gasteiger charge is -1.99. The van der Waals surface area contributed by atoms with Gasteiger partial charge in [0.1, 0.15) is 5.15 Å². The van der Waals surface area contributed by atoms with Crippen LogP contribution in [0.2, 0.25) is 5.15 Å². The molecule has 0 aliphatic carbocycles. The summed E-state index contributed by atoms with van der Waals surface area (Å²) in [5, 5.41) is 25.5. The Balaban J connectivity index is 1.82. The number of nitrogens with zero attached hydrogens (tertiary/aromatic N) is 7. The lowest BCUT2D eigenvalue weighted by atomic mass is 10.1. The van der Waals surface area contributed by atoms with E-state index in [9.17, 15) is 0 Å². The Kier molecular flexibility index (Phi) is 3.38. The summed E-state index contributed by atoms with van der Waals surface area (Å²) in [5.41, 5.74) is 2.24. The van der Waals surface area contributed by atoms with Crippen LogP contribution in [0.4, 0.5) is 0 Å². The van der Waals surface area contributed by atoms with Gasteiger partial charge < -0.3 is 0 Å². The molecule has 7 nitrogen and oxygen atoms in total. The van der Waals surface area contributed by atoms with Gasteiger partial charge in [0.2, 0.25) is 5.82 Å². The van der Waals surface area contributed by atoms with Crippen molar-refractivity contribution in [3.63, 3.8) is 0 Å². The van der Waals surface area contributed by atoms with E-state index in [-0.39, 0.29) is 0 Å². The van der Waals surface area contributed by atoms with Crippen molar-refractivity contribution in [2.45, 2.75) is 6.54 Å². The van der Waals surface area contributed by atoms with Crippen LogP contribution in [0, 0.1) is 11.3 Å². The number of hydrogen-bond donors (Lipinski definition) is 0. The maximum absolute atomic E-state index is 8.77. The maximum Gasteiger partial charge on any atom is 0.209 e. The lowest BCUT2D eigenvalue weighted by molar-refractivity contribution is 0.573. The minimum Gasteiger partial charge on any atom is -0.256 e. The summed E-state index contributed by atoms with van der Waals surface area (Å²) in [6.07, 6.45) is 1.60. The predicted molar refractivity (Wildman–Crippen MR) is 75.3 cm³/mol. The third-order valence-electron chi connectivity index (χ3n) is 2.97. The molecule has 3 rings (SSSR count). The van der Waals surface area contributed by atoms with Crippen LogP contribution in [0.15, 0.2) is 30.5 Å². The minimum absolute atomic E-state index is 0.432. The molecule has 0 amide bonds. The Labute approximate surface area is 125 Å². The van der Waals surface area contributed by atoms with Crippen molar-refractivity contribution >= 4 is 11.6 Å². The molecule has 0 radical (unpaired) electrons. The van der Waals surface area contributed by atoms with Gasteiger partial charge in [0.15, 0.2) is 0 Å². The molecular formula is C13H10ClN7. The van der Waals surface area contributed by atoms with Crippen LogP contribution in [0.25, 0.3) is 11.4 Å². The highest BCUT2D eigenvalue weighted by atomic mass is 35.5. The monoisotopic (exact) mass is 299 g/mol. The first-order valence-corrected chi connectivity index (χ1v) is 6.50. The van der Waals surface area contributed by atoms with Crippen molar-refractivity contribution in [2.75, 3.05) is 0 Å². The van der Waals surface area contributed by atoms with Crippen molar-refractivity contribution in [2.24, 2.45) is 7.05 Å². The molecule has 104 valence electrons. The number of halogens is 1. The van der Waals surface area contributed by atoms with Crippen molar-refractivity contribution in [1.82, 2.24) is 30.0 Å². The zero-order chi connectivity index (χ0) is 14.8. The van der Waals surface area contributed by atoms with E-state index in [1.54, 1.807) is 25.4 Å². The molecule has 0 aliphatic heterocycles. The largest absolute Gasteiger partial charge is 0.256 e. The van der Waals surface area contributed by atoms with Gasteiger partial charge in [-0.1, -0.05) is 23.7 Å². The summed E-state index contributed by atoms with van der Waals surface area (Å²) in [6, 6.07) is 9.31. The van der Waals surface area contributed by atoms with Gasteiger partial charge in [-0.3, -0.25) is 4.68 Å². The fourth-order valence-electron chi connectivity index (χ4n) is 1.84. The van der Waals surface area contributed by atoms with Crippen LogP contribution in [0.1, 0.15) is 11.1 Å². The summed E-state index contributed by atoms with van der Waals surface area (Å²) >= 11 is 6.10. The van der Waals surface area contributed by atoms with Gasteiger partial charge >= 0.3 is 0 Å². The van der Waals surface area contributed by atoms with Crippen LogP contribution in [-0.2, 0) is 13.6 Å². The predicted octanol–water partition coefficient (Wildman–Crippen LogP) is 1.65. The van der Waals surface area contributed by atoms with E-state index in [1.165, 1.54) is 9.48 Å². The van der Waals surface area contributed by atoms with Crippen molar-refractivity contribution < 1.29 is 0 Å². The van der Waals surface area contributed by atoms with Crippen molar-refractivity contribution in [1.29, 1.82) is 5.26 Å². The molecule has 3 aromatic rings. The Morgan fingerprint density at radius 3 is 2.67 bits per heavy atom. The van der Waals surface area contributed by atoms with Crippen LogP contribution < -0.4 is 0 Å². The molecule has 0 saturated carbocycles. The number of tetrazole rings is 1. The summed E-state index contributed by atoms with van der Waals surface area (Å²) in [4.78, 5) is 1.47. The first-order valence-electron chi connectivity index (χ1n) is 6.12. The maximum atomic E-state index is 8.77. The number of aryl methyl sites for hydroxylation is 1. The van der Waals surface area contributed by atoms with Gasteiger partial charge in [0, 0.05) is 7.05 Å². The summed E-state index contributed by atoms with van der Waals surface area (Å²) in [6.45, 7) is 0.469. The van der Waals surface area contributed by atoms with E-state index in [0.717, 1.165) is 5.56 Å². The average Bonchev–Trinajstić information content (AvgIpc) is 3.08. The van der Waals surface area contributed by atoms with Crippen LogP contribution in [0.3, 0.4) is 0 Å². The van der Waals surface area contributed by atoms with E-state index in [4.69, 9.17) is 16.9 Å². The SMILES string of the molecule is Cn1ncc(-c2nnn(Cc3ccc(C#N)cc3)n2)c1Cl. The molecule has 0 unspecified atom stereocenters. The molecule has 2 heterocycles. The van der Waals surface area contributed by atoms with Gasteiger partial charge in [-0.05, 0) is 22.9 Å². The first kappa shape index (κ1) is 13.3. The molecule has 0 fully saturated rings. The topological polar surface area (TPSA) is 85.2 Å². The first-order chi connectivity index (χ1) is 10.2. The zero-order valence-electron chi connectivity index (χ0n) is 11.1. The highest BCUT2D eigenvalue weighted by Crippen LogP contribution is 2.23. The van der Waals surface area contributed by atoms with Crippen molar-refractivity contribution in [3.05, 3.63) is 46.7 Å². The van der Waals surface area contributed by atoms with Gasteiger partial charge in [0.05, 0.1) is 29.9 Å². The Morgan fingerprint density at radius 2 is 2.05 bits per heavy atom. The van der Waals surface area contributed by atoms with Crippen LogP contribution in [-0.4, -0.2) is 30.0 Å². The Morgan fingerprint density at radius 1 is 1.29 bits per heavy atom. The van der Waals surface area contributed by atoms with Gasteiger partial charge in [0.25, 0.3) is 0 Å². The van der Waals surface area contributed by atoms with E-state index in [0.29, 0.717) is 28.6 Å². The van der Waals surface area contributed by atoms with Gasteiger partial charge in [-0.2, -0.15) is 15.2 Å². The van der Waals surface area contributed by atoms with E-state index >= 15 is 0 Å². The van der Waals surface area contributed by atoms with E-state index < -0.39 is 0 Å². The van der Waals surface area contributed by atoms with Crippen LogP contribution >= 0.6 is 11.6 Å². The molecular weight excluding hydrogens is 290 g/mol. The normalized spacial score (nSPS) is 10.5. The molecule has 8 heteroatoms. The summed E-state index contributed by atoms with van der Waals surface area (Å²) in [7, 11) is 1.74. The highest BCUT2D eigenvalue weighted by Gasteiger charge is 2.13. The standard InChI is InChI=1S/C13H10ClN7/c1-20-12(14)11(7-16-20)13-17-19-21(18-13)8-10-4-2-9(6-15)3-5-10/h2-5,7H,8H2,1H3. The third kappa shape index (κ3) is 2.61. The molecule has 0 atom stereocenters. The molecule has 1 aromatic carbocycles. The molecule has 21 heavy (non-hydrogen) atoms. The molecule has 0 N–H and O–H groups in total. The highest BCUT2D eigenvalue weighted by molar-refractivity contribution is 6.32. The number of nitriles is 1. The zero-order valence-corrected chi connectivity index (χ0v) is 11.9. The molecule has 0 bridgehead atoms. The second kappa shape index (κ2) is 5.34. The fourth-order valence-corrected chi connectivity index (χ4v) is 2.02. The number of hydrogen-bond acceptors (Lipinski definition) is 5. The Hall–Kier alpha value is -2.72. The summed E-state index contributed by atoms with van der Waals surface area (Å²) in [5.74, 6) is 0.432. The number of aromatic nitrogens is 6. The van der Waals surface area contributed by atoms with E-state index in [1.807, 2.05) is 12.1 Å². The van der Waals surface area contributed by atoms with Crippen molar-refractivity contribution in [3.8, 4) is 17.5 Å². The fraction of sp³-hybridized carbons (Fsp3) is 0.154. The number of benzene rings is 1. The third-order valence-corrected chi connectivity index (χ3v) is 3.42. The summed E-state index contributed by atoms with van der Waals surface area (Å²) < 4.78 is 1.54. The molecule has 2 aromatic heterocycles. The molecule has 0 aliphatic rings. The number of rotatable bonds is 3. The Bertz CT molecular complexity index is 810. The minimum atomic E-state index is 0.432. The average molecular weight is 300 g/mol. The second-order valence-electron chi connectivity index (χ2n) is 4.42. The lowest BCUT2D eigenvalue weighted by Crippen LogP contribution is -2.04. The second-order valence-corrected chi connectivity index (χ2v) is 4.78. The quantitative estimate of drug-likeness (QED) is 0.734. The van der Waals surface area contributed by atoms with Crippen LogP contribution in [0.5, 0.6) is 0 Å². The van der Waals surface area contributed by atoms with Gasteiger partial charge in [-0.25, -0.2) is 0 Å².